The molecule has 0 aliphatic heterocycles. The van der Waals surface area contributed by atoms with Gasteiger partial charge in [0.15, 0.2) is 0 Å². The molecule has 0 spiro atoms. The Balaban J connectivity index is 1.52. The van der Waals surface area contributed by atoms with E-state index in [1.165, 1.54) is 35.9 Å². The predicted molar refractivity (Wildman–Crippen MR) is 127 cm³/mol. The van der Waals surface area contributed by atoms with Crippen LogP contribution in [0.5, 0.6) is 5.75 Å². The Morgan fingerprint density at radius 2 is 1.72 bits per heavy atom. The molecule has 6 nitrogen and oxygen atoms in total. The lowest BCUT2D eigenvalue weighted by atomic mass is 10.1. The van der Waals surface area contributed by atoms with Gasteiger partial charge in [0.2, 0.25) is 0 Å². The molecule has 3 aromatic carbocycles. The van der Waals surface area contributed by atoms with Crippen LogP contribution in [0.2, 0.25) is 5.02 Å². The van der Waals surface area contributed by atoms with Crippen LogP contribution in [0.1, 0.15) is 29.3 Å². The van der Waals surface area contributed by atoms with Crippen molar-refractivity contribution in [2.24, 2.45) is 0 Å². The van der Waals surface area contributed by atoms with Gasteiger partial charge in [-0.25, -0.2) is 8.42 Å². The van der Waals surface area contributed by atoms with E-state index in [0.29, 0.717) is 13.2 Å². The first-order valence-electron chi connectivity index (χ1n) is 10.3. The normalized spacial score (nSPS) is 11.1. The highest BCUT2D eigenvalue weighted by atomic mass is 35.5. The van der Waals surface area contributed by atoms with Gasteiger partial charge in [-0.3, -0.25) is 9.52 Å². The van der Waals surface area contributed by atoms with E-state index in [1.54, 1.807) is 18.2 Å². The van der Waals surface area contributed by atoms with Gasteiger partial charge in [0, 0.05) is 0 Å². The third kappa shape index (κ3) is 6.48. The van der Waals surface area contributed by atoms with E-state index in [-0.39, 0.29) is 27.1 Å². The van der Waals surface area contributed by atoms with E-state index in [9.17, 15) is 13.2 Å². The van der Waals surface area contributed by atoms with Gasteiger partial charge in [0.05, 0.1) is 27.7 Å². The van der Waals surface area contributed by atoms with Crippen LogP contribution in [0.25, 0.3) is 0 Å². The molecule has 0 atom stereocenters. The highest BCUT2D eigenvalue weighted by Gasteiger charge is 2.16. The zero-order valence-corrected chi connectivity index (χ0v) is 19.2. The number of sulfonamides is 1. The van der Waals surface area contributed by atoms with Gasteiger partial charge in [-0.2, -0.15) is 0 Å². The summed E-state index contributed by atoms with van der Waals surface area (Å²) in [6, 6.07) is 20.3. The first-order valence-corrected chi connectivity index (χ1v) is 12.1. The van der Waals surface area contributed by atoms with Crippen LogP contribution in [-0.2, 0) is 16.4 Å². The maximum atomic E-state index is 12.4. The summed E-state index contributed by atoms with van der Waals surface area (Å²) in [5.41, 5.74) is 1.78. The number of hydrogen-bond donors (Lipinski definition) is 2. The maximum absolute atomic E-state index is 12.4. The van der Waals surface area contributed by atoms with Crippen molar-refractivity contribution >= 4 is 33.2 Å². The van der Waals surface area contributed by atoms with Gasteiger partial charge in [0.25, 0.3) is 15.9 Å². The molecular formula is C24H25ClN2O4S. The lowest BCUT2D eigenvalue weighted by molar-refractivity contribution is 0.0947. The van der Waals surface area contributed by atoms with Crippen molar-refractivity contribution in [3.63, 3.8) is 0 Å². The van der Waals surface area contributed by atoms with Gasteiger partial charge in [0.1, 0.15) is 12.4 Å². The van der Waals surface area contributed by atoms with Crippen molar-refractivity contribution in [1.82, 2.24) is 5.32 Å². The van der Waals surface area contributed by atoms with Gasteiger partial charge >= 0.3 is 0 Å². The first-order chi connectivity index (χ1) is 15.4. The third-order valence-electron chi connectivity index (χ3n) is 4.64. The number of carbonyl (C=O) groups is 1. The summed E-state index contributed by atoms with van der Waals surface area (Å²) >= 11 is 6.22. The van der Waals surface area contributed by atoms with Crippen LogP contribution in [0.15, 0.2) is 77.7 Å². The Bertz CT molecular complexity index is 1150. The van der Waals surface area contributed by atoms with Crippen LogP contribution in [0.4, 0.5) is 5.69 Å². The van der Waals surface area contributed by atoms with Gasteiger partial charge in [-0.05, 0) is 54.4 Å². The summed E-state index contributed by atoms with van der Waals surface area (Å²) < 4.78 is 33.0. The number of ether oxygens (including phenoxy) is 1. The van der Waals surface area contributed by atoms with Crippen molar-refractivity contribution in [3.8, 4) is 5.75 Å². The summed E-state index contributed by atoms with van der Waals surface area (Å²) in [6.07, 6.45) is 2.12. The van der Waals surface area contributed by atoms with E-state index in [2.05, 4.69) is 17.0 Å². The number of amides is 1. The molecule has 0 heterocycles. The Hall–Kier alpha value is -3.03. The molecule has 8 heteroatoms. The molecule has 1 amide bonds. The second-order valence-electron chi connectivity index (χ2n) is 7.11. The molecule has 32 heavy (non-hydrogen) atoms. The number of nitrogens with one attached hydrogen (secondary N) is 2. The standard InChI is InChI=1S/C24H25ClN2O4S/c1-2-6-18-9-12-20(13-10-18)31-16-15-26-24(28)22-14-11-19(17-23(22)25)27-32(29,30)21-7-4-3-5-8-21/h3-5,7-14,17,27H,2,6,15-16H2,1H3,(H,26,28). The van der Waals surface area contributed by atoms with Crippen LogP contribution in [0, 0.1) is 0 Å². The zero-order chi connectivity index (χ0) is 23.0. The Morgan fingerprint density at radius 3 is 2.38 bits per heavy atom. The van der Waals surface area contributed by atoms with E-state index >= 15 is 0 Å². The molecule has 0 aromatic heterocycles. The molecule has 3 rings (SSSR count). The van der Waals surface area contributed by atoms with E-state index < -0.39 is 10.0 Å². The van der Waals surface area contributed by atoms with E-state index in [4.69, 9.17) is 16.3 Å². The molecule has 0 saturated heterocycles. The lowest BCUT2D eigenvalue weighted by Gasteiger charge is -2.11. The van der Waals surface area contributed by atoms with Crippen molar-refractivity contribution in [2.45, 2.75) is 24.7 Å². The Morgan fingerprint density at radius 1 is 1.00 bits per heavy atom. The summed E-state index contributed by atoms with van der Waals surface area (Å²) in [5, 5.41) is 2.89. The molecule has 2 N–H and O–H groups in total. The van der Waals surface area contributed by atoms with Crippen LogP contribution < -0.4 is 14.8 Å². The number of anilines is 1. The van der Waals surface area contributed by atoms with Crippen LogP contribution in [-0.4, -0.2) is 27.5 Å². The molecule has 168 valence electrons. The molecule has 0 radical (unpaired) electrons. The fourth-order valence-electron chi connectivity index (χ4n) is 3.05. The molecule has 0 aliphatic carbocycles. The molecular weight excluding hydrogens is 448 g/mol. The van der Waals surface area contributed by atoms with Crippen LogP contribution in [0.3, 0.4) is 0 Å². The average molecular weight is 473 g/mol. The average Bonchev–Trinajstić information content (AvgIpc) is 2.78. The second-order valence-corrected chi connectivity index (χ2v) is 9.20. The van der Waals surface area contributed by atoms with Gasteiger partial charge in [-0.1, -0.05) is 55.3 Å². The smallest absolute Gasteiger partial charge is 0.261 e. The third-order valence-corrected chi connectivity index (χ3v) is 6.35. The SMILES string of the molecule is CCCc1ccc(OCCNC(=O)c2ccc(NS(=O)(=O)c3ccccc3)cc2Cl)cc1. The molecule has 0 unspecified atom stereocenters. The number of carbonyl (C=O) groups excluding carboxylic acids is 1. The number of rotatable bonds is 10. The molecule has 0 bridgehead atoms. The minimum Gasteiger partial charge on any atom is -0.492 e. The largest absolute Gasteiger partial charge is 0.492 e. The van der Waals surface area contributed by atoms with Crippen molar-refractivity contribution < 1.29 is 17.9 Å². The van der Waals surface area contributed by atoms with Gasteiger partial charge in [-0.15, -0.1) is 0 Å². The van der Waals surface area contributed by atoms with Crippen molar-refractivity contribution in [1.29, 1.82) is 0 Å². The monoisotopic (exact) mass is 472 g/mol. The minimum absolute atomic E-state index is 0.137. The number of halogens is 1. The highest BCUT2D eigenvalue weighted by molar-refractivity contribution is 7.92. The second kappa shape index (κ2) is 11.0. The number of aryl methyl sites for hydroxylation is 1. The summed E-state index contributed by atoms with van der Waals surface area (Å²) in [4.78, 5) is 12.6. The van der Waals surface area contributed by atoms with Crippen LogP contribution >= 0.6 is 11.6 Å². The summed E-state index contributed by atoms with van der Waals surface area (Å²) in [7, 11) is -3.74. The Kier molecular flexibility index (Phi) is 8.14. The lowest BCUT2D eigenvalue weighted by Crippen LogP contribution is -2.28. The zero-order valence-electron chi connectivity index (χ0n) is 17.7. The van der Waals surface area contributed by atoms with Crippen molar-refractivity contribution in [3.05, 3.63) is 88.9 Å². The molecule has 0 saturated carbocycles. The molecule has 0 aliphatic rings. The molecule has 3 aromatic rings. The summed E-state index contributed by atoms with van der Waals surface area (Å²) in [5.74, 6) is 0.376. The predicted octanol–water partition coefficient (Wildman–Crippen LogP) is 4.90. The van der Waals surface area contributed by atoms with E-state index in [0.717, 1.165) is 18.6 Å². The Labute approximate surface area is 193 Å². The number of hydrogen-bond acceptors (Lipinski definition) is 4. The fourth-order valence-corrected chi connectivity index (χ4v) is 4.38. The van der Waals surface area contributed by atoms with Gasteiger partial charge < -0.3 is 10.1 Å². The maximum Gasteiger partial charge on any atom is 0.261 e. The summed E-state index contributed by atoms with van der Waals surface area (Å²) in [6.45, 7) is 2.75. The van der Waals surface area contributed by atoms with E-state index in [1.807, 2.05) is 24.3 Å². The quantitative estimate of drug-likeness (QED) is 0.411. The first kappa shape index (κ1) is 23.6. The number of benzene rings is 3. The highest BCUT2D eigenvalue weighted by Crippen LogP contribution is 2.23. The minimum atomic E-state index is -3.74. The molecule has 0 fully saturated rings. The van der Waals surface area contributed by atoms with Crippen molar-refractivity contribution in [2.75, 3.05) is 17.9 Å². The fraction of sp³-hybridized carbons (Fsp3) is 0.208. The topological polar surface area (TPSA) is 84.5 Å².